The molecule has 4 heteroatoms. The molecule has 1 heterocycles. The zero-order valence-electron chi connectivity index (χ0n) is 17.2. The molecule has 2 N–H and O–H groups in total. The third-order valence-corrected chi connectivity index (χ3v) is 8.65. The molecule has 0 aromatic heterocycles. The van der Waals surface area contributed by atoms with E-state index in [2.05, 4.69) is 30.3 Å². The zero-order chi connectivity index (χ0) is 20.2. The highest BCUT2D eigenvalue weighted by Gasteiger charge is 2.61. The van der Waals surface area contributed by atoms with Crippen molar-refractivity contribution in [1.29, 1.82) is 0 Å². The van der Waals surface area contributed by atoms with E-state index in [1.165, 1.54) is 11.1 Å². The van der Waals surface area contributed by atoms with Crippen LogP contribution in [0.3, 0.4) is 0 Å². The summed E-state index contributed by atoms with van der Waals surface area (Å²) in [5, 5.41) is 14.3. The van der Waals surface area contributed by atoms with Gasteiger partial charge < -0.3 is 15.2 Å². The van der Waals surface area contributed by atoms with Crippen LogP contribution in [0.2, 0.25) is 0 Å². The molecule has 0 amide bonds. The topological polar surface area (TPSA) is 58.6 Å². The Morgan fingerprint density at radius 1 is 1.28 bits per heavy atom. The van der Waals surface area contributed by atoms with Gasteiger partial charge in [-0.15, -0.1) is 6.42 Å². The Morgan fingerprint density at radius 3 is 2.90 bits per heavy atom. The first-order valence-corrected chi connectivity index (χ1v) is 11.2. The van der Waals surface area contributed by atoms with E-state index in [0.29, 0.717) is 23.5 Å². The molecule has 1 aromatic carbocycles. The highest BCUT2D eigenvalue weighted by molar-refractivity contribution is 5.78. The van der Waals surface area contributed by atoms with Gasteiger partial charge in [-0.1, -0.05) is 18.9 Å². The second-order valence-corrected chi connectivity index (χ2v) is 9.85. The number of esters is 1. The number of aryl methyl sites for hydroxylation is 1. The van der Waals surface area contributed by atoms with Gasteiger partial charge in [0.25, 0.3) is 0 Å². The first kappa shape index (κ1) is 19.2. The van der Waals surface area contributed by atoms with E-state index >= 15 is 0 Å². The number of hydrogen-bond donors (Lipinski definition) is 2. The lowest BCUT2D eigenvalue weighted by atomic mass is 9.53. The van der Waals surface area contributed by atoms with Gasteiger partial charge in [-0.3, -0.25) is 0 Å². The van der Waals surface area contributed by atoms with Crippen molar-refractivity contribution in [1.82, 2.24) is 5.32 Å². The molecule has 2 saturated carbocycles. The highest BCUT2D eigenvalue weighted by Crippen LogP contribution is 2.64. The van der Waals surface area contributed by atoms with Crippen molar-refractivity contribution in [3.8, 4) is 18.1 Å². The summed E-state index contributed by atoms with van der Waals surface area (Å²) in [7, 11) is 0. The average Bonchev–Trinajstić information content (AvgIpc) is 3.35. The smallest absolute Gasteiger partial charge is 0.328 e. The molecular weight excluding hydrogens is 362 g/mol. The number of fused-ring (bicyclic) bond motifs is 5. The lowest BCUT2D eigenvalue weighted by molar-refractivity contribution is -0.136. The fourth-order valence-electron chi connectivity index (χ4n) is 6.95. The van der Waals surface area contributed by atoms with Crippen LogP contribution in [-0.4, -0.2) is 29.3 Å². The first-order chi connectivity index (χ1) is 13.9. The number of ether oxygens (including phenoxy) is 1. The largest absolute Gasteiger partial charge is 0.425 e. The van der Waals surface area contributed by atoms with E-state index in [-0.39, 0.29) is 17.4 Å². The van der Waals surface area contributed by atoms with Crippen LogP contribution in [0.4, 0.5) is 0 Å². The number of benzene rings is 1. The van der Waals surface area contributed by atoms with Crippen LogP contribution < -0.4 is 10.1 Å². The molecule has 1 aromatic rings. The van der Waals surface area contributed by atoms with E-state index in [9.17, 15) is 9.90 Å². The maximum atomic E-state index is 12.3. The van der Waals surface area contributed by atoms with Gasteiger partial charge in [0.05, 0.1) is 0 Å². The molecule has 1 aliphatic heterocycles. The summed E-state index contributed by atoms with van der Waals surface area (Å²) < 4.78 is 5.67. The van der Waals surface area contributed by atoms with Crippen LogP contribution >= 0.6 is 0 Å². The van der Waals surface area contributed by atoms with E-state index in [1.54, 1.807) is 0 Å². The first-order valence-electron chi connectivity index (χ1n) is 11.2. The van der Waals surface area contributed by atoms with Crippen molar-refractivity contribution >= 4 is 5.97 Å². The van der Waals surface area contributed by atoms with Crippen LogP contribution in [-0.2, 0) is 11.2 Å². The van der Waals surface area contributed by atoms with E-state index in [1.807, 2.05) is 6.07 Å². The predicted octanol–water partition coefficient (Wildman–Crippen LogP) is 3.56. The quantitative estimate of drug-likeness (QED) is 0.458. The summed E-state index contributed by atoms with van der Waals surface area (Å²) >= 11 is 0. The highest BCUT2D eigenvalue weighted by atomic mass is 16.5. The number of hydrogen-bond acceptors (Lipinski definition) is 4. The van der Waals surface area contributed by atoms with Gasteiger partial charge in [0, 0.05) is 5.41 Å². The monoisotopic (exact) mass is 393 g/mol. The third kappa shape index (κ3) is 2.86. The minimum Gasteiger partial charge on any atom is -0.425 e. The lowest BCUT2D eigenvalue weighted by Crippen LogP contribution is -2.50. The summed E-state index contributed by atoms with van der Waals surface area (Å²) in [6, 6.07) is 6.07. The molecule has 4 aliphatic rings. The molecule has 154 valence electrons. The zero-order valence-corrected chi connectivity index (χ0v) is 17.2. The Bertz CT molecular complexity index is 867. The van der Waals surface area contributed by atoms with E-state index in [0.717, 1.165) is 57.9 Å². The second-order valence-electron chi connectivity index (χ2n) is 9.85. The normalized spacial score (nSPS) is 40.4. The minimum absolute atomic E-state index is 0.163. The van der Waals surface area contributed by atoms with Gasteiger partial charge in [0.15, 0.2) is 0 Å². The summed E-state index contributed by atoms with van der Waals surface area (Å²) in [4.78, 5) is 12.3. The molecule has 0 spiro atoms. The molecule has 1 saturated heterocycles. The number of carbonyl (C=O) groups excluding carboxylic acids is 1. The van der Waals surface area contributed by atoms with Crippen molar-refractivity contribution in [2.75, 3.05) is 6.54 Å². The predicted molar refractivity (Wildman–Crippen MR) is 112 cm³/mol. The summed E-state index contributed by atoms with van der Waals surface area (Å²) in [6.07, 6.45) is 13.6. The summed E-state index contributed by atoms with van der Waals surface area (Å²) in [5.74, 6) is 4.85. The van der Waals surface area contributed by atoms with Gasteiger partial charge in [0.2, 0.25) is 0 Å². The molecule has 6 atom stereocenters. The van der Waals surface area contributed by atoms with Crippen molar-refractivity contribution in [3.05, 3.63) is 29.3 Å². The molecule has 29 heavy (non-hydrogen) atoms. The Labute approximate surface area is 173 Å². The lowest BCUT2D eigenvalue weighted by Gasteiger charge is -2.52. The molecule has 3 fully saturated rings. The van der Waals surface area contributed by atoms with Crippen LogP contribution in [0.5, 0.6) is 5.75 Å². The molecule has 0 radical (unpaired) electrons. The number of terminal acetylenes is 1. The van der Waals surface area contributed by atoms with Crippen LogP contribution in [0.25, 0.3) is 0 Å². The SMILES string of the molecule is C#C[C@]1(O)CCC2C3CCc4cc(OC(=O)[C@H]5CCCN5)ccc4C3CC[C@@]21C. The third-order valence-electron chi connectivity index (χ3n) is 8.65. The van der Waals surface area contributed by atoms with E-state index < -0.39 is 5.60 Å². The fraction of sp³-hybridized carbons (Fsp3) is 0.640. The molecule has 4 nitrogen and oxygen atoms in total. The molecule has 5 rings (SSSR count). The van der Waals surface area contributed by atoms with Crippen LogP contribution in [0.1, 0.15) is 68.9 Å². The number of rotatable bonds is 2. The van der Waals surface area contributed by atoms with Crippen molar-refractivity contribution < 1.29 is 14.6 Å². The van der Waals surface area contributed by atoms with Gasteiger partial charge in [-0.2, -0.15) is 0 Å². The molecule has 3 aliphatic carbocycles. The average molecular weight is 394 g/mol. The summed E-state index contributed by atoms with van der Waals surface area (Å²) in [5.41, 5.74) is 1.63. The van der Waals surface area contributed by atoms with Crippen LogP contribution in [0, 0.1) is 29.6 Å². The van der Waals surface area contributed by atoms with E-state index in [4.69, 9.17) is 11.2 Å². The fourth-order valence-corrected chi connectivity index (χ4v) is 6.95. The Kier molecular flexibility index (Phi) is 4.53. The summed E-state index contributed by atoms with van der Waals surface area (Å²) in [6.45, 7) is 3.11. The van der Waals surface area contributed by atoms with Crippen LogP contribution in [0.15, 0.2) is 18.2 Å². The Balaban J connectivity index is 1.36. The van der Waals surface area contributed by atoms with Gasteiger partial charge in [-0.05, 0) is 98.9 Å². The number of carbonyl (C=O) groups is 1. The molecule has 3 unspecified atom stereocenters. The van der Waals surface area contributed by atoms with Crippen molar-refractivity contribution in [2.45, 2.75) is 75.9 Å². The van der Waals surface area contributed by atoms with Gasteiger partial charge >= 0.3 is 5.97 Å². The Hall–Kier alpha value is -1.83. The second kappa shape index (κ2) is 6.86. The van der Waals surface area contributed by atoms with Crippen molar-refractivity contribution in [2.24, 2.45) is 17.3 Å². The maximum absolute atomic E-state index is 12.3. The molecular formula is C25H31NO3. The maximum Gasteiger partial charge on any atom is 0.328 e. The van der Waals surface area contributed by atoms with Crippen molar-refractivity contribution in [3.63, 3.8) is 0 Å². The van der Waals surface area contributed by atoms with Gasteiger partial charge in [0.1, 0.15) is 17.4 Å². The standard InChI is InChI=1S/C25H31NO3/c1-3-25(28)13-11-21-20-8-6-16-15-17(29-23(27)22-5-4-14-26-22)7-9-18(16)19(20)10-12-24(21,25)2/h1,7,9,15,19-22,26,28H,4-6,8,10-14H2,2H3/t19?,20?,21?,22-,24+,25+/m1/s1. The number of aliphatic hydroxyl groups is 1. The molecule has 0 bridgehead atoms. The van der Waals surface area contributed by atoms with Gasteiger partial charge in [-0.25, -0.2) is 4.79 Å². The minimum atomic E-state index is -0.949. The Morgan fingerprint density at radius 2 is 2.14 bits per heavy atom. The number of nitrogens with one attached hydrogen (secondary N) is 1.